The topological polar surface area (TPSA) is 50.4 Å². The first-order valence-corrected chi connectivity index (χ1v) is 7.40. The summed E-state index contributed by atoms with van der Waals surface area (Å²) in [6, 6.07) is 10.3. The molecule has 1 fully saturated rings. The minimum atomic E-state index is -0.0987. The second kappa shape index (κ2) is 6.05. The first-order valence-electron chi connectivity index (χ1n) is 5.56. The number of urea groups is 1. The number of ether oxygens (including phenoxy) is 1. The van der Waals surface area contributed by atoms with Crippen LogP contribution < -0.4 is 15.1 Å². The zero-order valence-corrected chi connectivity index (χ0v) is 11.4. The molecule has 1 aromatic rings. The number of hydrogen-bond acceptors (Lipinski definition) is 2. The summed E-state index contributed by atoms with van der Waals surface area (Å²) in [5, 5.41) is 5.66. The number of hydrogen-bond donors (Lipinski definition) is 2. The molecule has 1 heterocycles. The van der Waals surface area contributed by atoms with Crippen molar-refractivity contribution >= 4 is 25.4 Å². The number of benzene rings is 1. The van der Waals surface area contributed by atoms with E-state index in [0.717, 1.165) is 0 Å². The van der Waals surface area contributed by atoms with Crippen molar-refractivity contribution in [2.24, 2.45) is 0 Å². The van der Waals surface area contributed by atoms with Gasteiger partial charge in [-0.1, -0.05) is 0 Å². The molecule has 4 nitrogen and oxygen atoms in total. The fourth-order valence-corrected chi connectivity index (χ4v) is 4.23. The third-order valence-corrected chi connectivity index (χ3v) is 5.44. The zero-order chi connectivity index (χ0) is 12.1. The Balaban J connectivity index is 2.04. The molecule has 1 saturated heterocycles. The molecule has 2 N–H and O–H groups in total. The molecular formula is C12H16N2O2Se. The standard InChI is InChI=1S/C12H16N2O2Se/c1-16-10-7-13-12(15)14-8-11(10)17-9-5-3-2-4-6-9/h2-6,10-11H,7-8H2,1H3,(H2,13,14,15). The van der Waals surface area contributed by atoms with Crippen LogP contribution >= 0.6 is 0 Å². The molecule has 0 aliphatic carbocycles. The Morgan fingerprint density at radius 1 is 1.24 bits per heavy atom. The molecule has 0 radical (unpaired) electrons. The Hall–Kier alpha value is -1.03. The third kappa shape index (κ3) is 3.46. The van der Waals surface area contributed by atoms with Gasteiger partial charge in [-0.2, -0.15) is 0 Å². The van der Waals surface area contributed by atoms with E-state index in [1.807, 2.05) is 18.2 Å². The van der Waals surface area contributed by atoms with Gasteiger partial charge in [-0.25, -0.2) is 0 Å². The van der Waals surface area contributed by atoms with Crippen LogP contribution in [0.2, 0.25) is 4.82 Å². The summed E-state index contributed by atoms with van der Waals surface area (Å²) in [7, 11) is 1.70. The molecule has 0 spiro atoms. The first-order chi connectivity index (χ1) is 8.29. The van der Waals surface area contributed by atoms with Gasteiger partial charge in [0.05, 0.1) is 0 Å². The predicted octanol–water partition coefficient (Wildman–Crippen LogP) is 0.132. The van der Waals surface area contributed by atoms with Crippen molar-refractivity contribution in [3.63, 3.8) is 0 Å². The Bertz CT molecular complexity index is 372. The summed E-state index contributed by atoms with van der Waals surface area (Å²) >= 11 is 0.307. The normalized spacial score (nSPS) is 24.6. The number of rotatable bonds is 3. The van der Waals surface area contributed by atoms with Crippen LogP contribution in [0.3, 0.4) is 0 Å². The Kier molecular flexibility index (Phi) is 4.42. The molecule has 2 rings (SSSR count). The van der Waals surface area contributed by atoms with E-state index in [1.165, 1.54) is 4.46 Å². The van der Waals surface area contributed by atoms with Gasteiger partial charge in [-0.3, -0.25) is 0 Å². The molecule has 2 amide bonds. The van der Waals surface area contributed by atoms with Crippen molar-refractivity contribution in [1.82, 2.24) is 10.6 Å². The average molecular weight is 299 g/mol. The predicted molar refractivity (Wildman–Crippen MR) is 67.8 cm³/mol. The average Bonchev–Trinajstić information content (AvgIpc) is 2.53. The summed E-state index contributed by atoms with van der Waals surface area (Å²) in [4.78, 5) is 11.6. The Labute approximate surface area is 107 Å². The van der Waals surface area contributed by atoms with E-state index in [0.29, 0.717) is 32.9 Å². The van der Waals surface area contributed by atoms with Crippen molar-refractivity contribution in [3.05, 3.63) is 30.3 Å². The summed E-state index contributed by atoms with van der Waals surface area (Å²) in [5.74, 6) is 0. The molecule has 1 aliphatic heterocycles. The van der Waals surface area contributed by atoms with Gasteiger partial charge in [-0.15, -0.1) is 0 Å². The van der Waals surface area contributed by atoms with E-state index < -0.39 is 0 Å². The molecule has 0 aromatic heterocycles. The van der Waals surface area contributed by atoms with Crippen molar-refractivity contribution in [2.75, 3.05) is 20.2 Å². The molecule has 1 aliphatic rings. The number of amides is 2. The second-order valence-corrected chi connectivity index (χ2v) is 6.59. The van der Waals surface area contributed by atoms with Gasteiger partial charge in [-0.05, 0) is 0 Å². The molecule has 2 atom stereocenters. The summed E-state index contributed by atoms with van der Waals surface area (Å²) < 4.78 is 6.80. The van der Waals surface area contributed by atoms with E-state index in [-0.39, 0.29) is 12.1 Å². The van der Waals surface area contributed by atoms with Gasteiger partial charge in [0.25, 0.3) is 0 Å². The van der Waals surface area contributed by atoms with E-state index in [4.69, 9.17) is 4.74 Å². The summed E-state index contributed by atoms with van der Waals surface area (Å²) in [6.07, 6.45) is 0.0918. The van der Waals surface area contributed by atoms with Crippen molar-refractivity contribution in [1.29, 1.82) is 0 Å². The Morgan fingerprint density at radius 3 is 2.65 bits per heavy atom. The van der Waals surface area contributed by atoms with Crippen molar-refractivity contribution in [3.8, 4) is 0 Å². The van der Waals surface area contributed by atoms with Gasteiger partial charge < -0.3 is 0 Å². The van der Waals surface area contributed by atoms with Crippen LogP contribution in [-0.4, -0.2) is 47.3 Å². The summed E-state index contributed by atoms with van der Waals surface area (Å²) in [5.41, 5.74) is 0. The fraction of sp³-hybridized carbons (Fsp3) is 0.417. The van der Waals surface area contributed by atoms with Crippen LogP contribution in [0.15, 0.2) is 30.3 Å². The molecule has 0 bridgehead atoms. The molecular weight excluding hydrogens is 283 g/mol. The van der Waals surface area contributed by atoms with Crippen LogP contribution in [0.4, 0.5) is 4.79 Å². The quantitative estimate of drug-likeness (QED) is 0.780. The third-order valence-electron chi connectivity index (χ3n) is 2.68. The SMILES string of the molecule is COC1CNC(=O)NCC1[Se]c1ccccc1. The monoisotopic (exact) mass is 300 g/mol. The Morgan fingerprint density at radius 2 is 1.94 bits per heavy atom. The molecule has 1 aromatic carbocycles. The molecule has 92 valence electrons. The van der Waals surface area contributed by atoms with Crippen molar-refractivity contribution in [2.45, 2.75) is 10.9 Å². The number of methoxy groups -OCH3 is 1. The van der Waals surface area contributed by atoms with Crippen molar-refractivity contribution < 1.29 is 9.53 Å². The van der Waals surface area contributed by atoms with E-state index in [1.54, 1.807) is 7.11 Å². The van der Waals surface area contributed by atoms with Gasteiger partial charge in [0, 0.05) is 0 Å². The van der Waals surface area contributed by atoms with E-state index >= 15 is 0 Å². The number of carbonyl (C=O) groups is 1. The number of nitrogens with one attached hydrogen (secondary N) is 2. The molecule has 17 heavy (non-hydrogen) atoms. The summed E-state index contributed by atoms with van der Waals surface area (Å²) in [6.45, 7) is 1.26. The first kappa shape index (κ1) is 12.4. The van der Waals surface area contributed by atoms with Gasteiger partial charge in [0.1, 0.15) is 0 Å². The second-order valence-electron chi connectivity index (χ2n) is 3.83. The van der Waals surface area contributed by atoms with Gasteiger partial charge in [0.15, 0.2) is 0 Å². The van der Waals surface area contributed by atoms with E-state index in [9.17, 15) is 4.79 Å². The van der Waals surface area contributed by atoms with Gasteiger partial charge in [0.2, 0.25) is 0 Å². The van der Waals surface area contributed by atoms with Crippen LogP contribution in [0.25, 0.3) is 0 Å². The molecule has 0 saturated carbocycles. The van der Waals surface area contributed by atoms with Crippen LogP contribution in [-0.2, 0) is 4.74 Å². The maximum atomic E-state index is 11.3. The van der Waals surface area contributed by atoms with Crippen LogP contribution in [0.5, 0.6) is 0 Å². The maximum absolute atomic E-state index is 11.3. The van der Waals surface area contributed by atoms with Crippen LogP contribution in [0.1, 0.15) is 0 Å². The minimum absolute atomic E-state index is 0.0918. The molecule has 2 unspecified atom stereocenters. The number of carbonyl (C=O) groups excluding carboxylic acids is 1. The molecule has 5 heteroatoms. The van der Waals surface area contributed by atoms with Crippen LogP contribution in [0, 0.1) is 0 Å². The van der Waals surface area contributed by atoms with Gasteiger partial charge >= 0.3 is 107 Å². The van der Waals surface area contributed by atoms with E-state index in [2.05, 4.69) is 22.8 Å². The zero-order valence-electron chi connectivity index (χ0n) is 9.68. The fourth-order valence-electron chi connectivity index (χ4n) is 1.74.